The first-order valence-corrected chi connectivity index (χ1v) is 8.60. The standard InChI is InChI=1S/C16H27N3S/c1-3-17-14-15-5-4-6-16(13-15)20-12-11-19-9-7-18(2)8-10-19/h4-6,13,17H,3,7-12,14H2,1-2H3. The van der Waals surface area contributed by atoms with Crippen molar-refractivity contribution < 1.29 is 0 Å². The summed E-state index contributed by atoms with van der Waals surface area (Å²) in [7, 11) is 2.21. The summed E-state index contributed by atoms with van der Waals surface area (Å²) in [5.41, 5.74) is 1.39. The van der Waals surface area contributed by atoms with Gasteiger partial charge in [-0.15, -0.1) is 11.8 Å². The highest BCUT2D eigenvalue weighted by Gasteiger charge is 2.12. The summed E-state index contributed by atoms with van der Waals surface area (Å²) in [6.07, 6.45) is 0. The average Bonchev–Trinajstić information content (AvgIpc) is 2.48. The summed E-state index contributed by atoms with van der Waals surface area (Å²) in [6.45, 7) is 10.2. The highest BCUT2D eigenvalue weighted by atomic mass is 32.2. The molecule has 0 atom stereocenters. The van der Waals surface area contributed by atoms with Crippen LogP contribution in [0.3, 0.4) is 0 Å². The molecule has 0 bridgehead atoms. The molecule has 2 rings (SSSR count). The van der Waals surface area contributed by atoms with Gasteiger partial charge in [-0.3, -0.25) is 4.90 Å². The van der Waals surface area contributed by atoms with Crippen molar-refractivity contribution in [2.45, 2.75) is 18.4 Å². The van der Waals surface area contributed by atoms with E-state index < -0.39 is 0 Å². The van der Waals surface area contributed by atoms with Gasteiger partial charge in [0.05, 0.1) is 0 Å². The Morgan fingerprint density at radius 2 is 2.00 bits per heavy atom. The van der Waals surface area contributed by atoms with Crippen LogP contribution in [0.1, 0.15) is 12.5 Å². The molecule has 1 N–H and O–H groups in total. The maximum Gasteiger partial charge on any atom is 0.0205 e. The van der Waals surface area contributed by atoms with E-state index in [9.17, 15) is 0 Å². The fourth-order valence-electron chi connectivity index (χ4n) is 2.38. The second-order valence-corrected chi connectivity index (χ2v) is 6.59. The Morgan fingerprint density at radius 3 is 2.75 bits per heavy atom. The minimum atomic E-state index is 0.976. The monoisotopic (exact) mass is 293 g/mol. The summed E-state index contributed by atoms with van der Waals surface area (Å²) >= 11 is 1.98. The second-order valence-electron chi connectivity index (χ2n) is 5.42. The molecule has 3 nitrogen and oxygen atoms in total. The van der Waals surface area contributed by atoms with Gasteiger partial charge < -0.3 is 10.2 Å². The van der Waals surface area contributed by atoms with Gasteiger partial charge in [0.2, 0.25) is 0 Å². The Morgan fingerprint density at radius 1 is 1.20 bits per heavy atom. The molecule has 0 radical (unpaired) electrons. The van der Waals surface area contributed by atoms with Crippen LogP contribution in [-0.4, -0.2) is 61.9 Å². The molecule has 1 aromatic carbocycles. The normalized spacial score (nSPS) is 17.5. The molecule has 0 aromatic heterocycles. The second kappa shape index (κ2) is 8.67. The molecule has 1 saturated heterocycles. The van der Waals surface area contributed by atoms with Crippen LogP contribution in [0.2, 0.25) is 0 Å². The predicted octanol–water partition coefficient (Wildman–Crippen LogP) is 2.14. The van der Waals surface area contributed by atoms with Crippen LogP contribution in [0.4, 0.5) is 0 Å². The zero-order chi connectivity index (χ0) is 14.2. The maximum atomic E-state index is 3.38. The van der Waals surface area contributed by atoms with Crippen molar-refractivity contribution in [3.05, 3.63) is 29.8 Å². The van der Waals surface area contributed by atoms with Crippen LogP contribution >= 0.6 is 11.8 Å². The summed E-state index contributed by atoms with van der Waals surface area (Å²) in [5, 5.41) is 3.38. The summed E-state index contributed by atoms with van der Waals surface area (Å²) in [6, 6.07) is 8.92. The third-order valence-electron chi connectivity index (χ3n) is 3.75. The number of likely N-dealkylation sites (N-methyl/N-ethyl adjacent to an activating group) is 1. The average molecular weight is 293 g/mol. The number of piperazine rings is 1. The molecule has 0 unspecified atom stereocenters. The Labute approximate surface area is 127 Å². The van der Waals surface area contributed by atoms with E-state index in [2.05, 4.69) is 53.4 Å². The number of nitrogens with zero attached hydrogens (tertiary/aromatic N) is 2. The third kappa shape index (κ3) is 5.44. The van der Waals surface area contributed by atoms with Gasteiger partial charge >= 0.3 is 0 Å². The van der Waals surface area contributed by atoms with Crippen molar-refractivity contribution in [1.29, 1.82) is 0 Å². The maximum absolute atomic E-state index is 3.38. The summed E-state index contributed by atoms with van der Waals surface area (Å²) < 4.78 is 0. The Bertz CT molecular complexity index is 389. The molecular formula is C16H27N3S. The van der Waals surface area contributed by atoms with Crippen LogP contribution in [-0.2, 0) is 6.54 Å². The van der Waals surface area contributed by atoms with E-state index in [0.29, 0.717) is 0 Å². The number of benzene rings is 1. The molecule has 1 fully saturated rings. The Hall–Kier alpha value is -0.550. The zero-order valence-corrected chi connectivity index (χ0v) is 13.6. The fraction of sp³-hybridized carbons (Fsp3) is 0.625. The lowest BCUT2D eigenvalue weighted by Gasteiger charge is -2.32. The minimum absolute atomic E-state index is 0.976. The van der Waals surface area contributed by atoms with E-state index in [4.69, 9.17) is 0 Å². The van der Waals surface area contributed by atoms with Crippen LogP contribution < -0.4 is 5.32 Å². The SMILES string of the molecule is CCNCc1cccc(SCCN2CCN(C)CC2)c1. The number of thioether (sulfide) groups is 1. The molecule has 0 saturated carbocycles. The van der Waals surface area contributed by atoms with Crippen molar-refractivity contribution in [3.8, 4) is 0 Å². The van der Waals surface area contributed by atoms with Crippen LogP contribution in [0.15, 0.2) is 29.2 Å². The number of nitrogens with one attached hydrogen (secondary N) is 1. The van der Waals surface area contributed by atoms with E-state index in [0.717, 1.165) is 13.1 Å². The van der Waals surface area contributed by atoms with Crippen molar-refractivity contribution in [2.75, 3.05) is 52.1 Å². The number of rotatable bonds is 7. The largest absolute Gasteiger partial charge is 0.313 e. The van der Waals surface area contributed by atoms with Gasteiger partial charge in [0, 0.05) is 49.9 Å². The van der Waals surface area contributed by atoms with Crippen molar-refractivity contribution >= 4 is 11.8 Å². The summed E-state index contributed by atoms with van der Waals surface area (Å²) in [5.74, 6) is 1.19. The quantitative estimate of drug-likeness (QED) is 0.776. The first-order valence-electron chi connectivity index (χ1n) is 7.61. The van der Waals surface area contributed by atoms with Crippen molar-refractivity contribution in [1.82, 2.24) is 15.1 Å². The first kappa shape index (κ1) is 15.8. The molecule has 0 spiro atoms. The van der Waals surface area contributed by atoms with Crippen molar-refractivity contribution in [3.63, 3.8) is 0 Å². The molecule has 0 aliphatic carbocycles. The van der Waals surface area contributed by atoms with Gasteiger partial charge in [0.25, 0.3) is 0 Å². The molecule has 20 heavy (non-hydrogen) atoms. The molecule has 1 aromatic rings. The predicted molar refractivity (Wildman–Crippen MR) is 88.5 cm³/mol. The summed E-state index contributed by atoms with van der Waals surface area (Å²) in [4.78, 5) is 6.39. The van der Waals surface area contributed by atoms with Gasteiger partial charge in [-0.1, -0.05) is 19.1 Å². The molecule has 1 heterocycles. The van der Waals surface area contributed by atoms with Crippen LogP contribution in [0.25, 0.3) is 0 Å². The Kier molecular flexibility index (Phi) is 6.87. The highest BCUT2D eigenvalue weighted by Crippen LogP contribution is 2.19. The first-order chi connectivity index (χ1) is 9.78. The topological polar surface area (TPSA) is 18.5 Å². The van der Waals surface area contributed by atoms with Crippen molar-refractivity contribution in [2.24, 2.45) is 0 Å². The van der Waals surface area contributed by atoms with E-state index >= 15 is 0 Å². The molecule has 112 valence electrons. The lowest BCUT2D eigenvalue weighted by molar-refractivity contribution is 0.161. The number of hydrogen-bond acceptors (Lipinski definition) is 4. The zero-order valence-electron chi connectivity index (χ0n) is 12.8. The smallest absolute Gasteiger partial charge is 0.0205 e. The van der Waals surface area contributed by atoms with Gasteiger partial charge in [-0.05, 0) is 31.3 Å². The Balaban J connectivity index is 1.70. The van der Waals surface area contributed by atoms with Gasteiger partial charge in [0.15, 0.2) is 0 Å². The number of hydrogen-bond donors (Lipinski definition) is 1. The molecule has 0 amide bonds. The van der Waals surface area contributed by atoms with Gasteiger partial charge in [-0.2, -0.15) is 0 Å². The van der Waals surface area contributed by atoms with Crippen LogP contribution in [0.5, 0.6) is 0 Å². The highest BCUT2D eigenvalue weighted by molar-refractivity contribution is 7.99. The molecular weight excluding hydrogens is 266 g/mol. The molecule has 4 heteroatoms. The van der Waals surface area contributed by atoms with Gasteiger partial charge in [-0.25, -0.2) is 0 Å². The fourth-order valence-corrected chi connectivity index (χ4v) is 3.37. The lowest BCUT2D eigenvalue weighted by Crippen LogP contribution is -2.45. The van der Waals surface area contributed by atoms with E-state index in [1.165, 1.54) is 48.9 Å². The van der Waals surface area contributed by atoms with E-state index in [-0.39, 0.29) is 0 Å². The van der Waals surface area contributed by atoms with E-state index in [1.807, 2.05) is 11.8 Å². The van der Waals surface area contributed by atoms with Crippen LogP contribution in [0, 0.1) is 0 Å². The minimum Gasteiger partial charge on any atom is -0.313 e. The van der Waals surface area contributed by atoms with E-state index in [1.54, 1.807) is 0 Å². The molecule has 1 aliphatic rings. The molecule has 1 aliphatic heterocycles. The third-order valence-corrected chi connectivity index (χ3v) is 4.72. The lowest BCUT2D eigenvalue weighted by atomic mass is 10.2. The van der Waals surface area contributed by atoms with Gasteiger partial charge in [0.1, 0.15) is 0 Å².